The van der Waals surface area contributed by atoms with Gasteiger partial charge in [-0.05, 0) is 48.1 Å². The Morgan fingerprint density at radius 3 is 2.84 bits per heavy atom. The van der Waals surface area contributed by atoms with Crippen LogP contribution in [0.3, 0.4) is 0 Å². The van der Waals surface area contributed by atoms with Gasteiger partial charge in [0.25, 0.3) is 5.91 Å². The number of ether oxygens (including phenoxy) is 1. The van der Waals surface area contributed by atoms with Crippen LogP contribution in [0.1, 0.15) is 30.6 Å². The Labute approximate surface area is 200 Å². The maximum Gasteiger partial charge on any atom is 0.252 e. The average Bonchev–Trinajstić information content (AvgIpc) is 3.18. The van der Waals surface area contributed by atoms with Crippen LogP contribution in [0.25, 0.3) is 11.0 Å². The molecule has 0 bridgehead atoms. The second-order valence-electron chi connectivity index (χ2n) is 6.67. The quantitative estimate of drug-likeness (QED) is 0.152. The molecule has 2 heterocycles. The lowest BCUT2D eigenvalue weighted by Gasteiger charge is -2.10. The molecule has 8 nitrogen and oxygen atoms in total. The maximum atomic E-state index is 12.5. The van der Waals surface area contributed by atoms with E-state index in [1.54, 1.807) is 18.0 Å². The molecule has 0 saturated heterocycles. The summed E-state index contributed by atoms with van der Waals surface area (Å²) in [6.07, 6.45) is 2.82. The molecule has 0 atom stereocenters. The first kappa shape index (κ1) is 23.7. The van der Waals surface area contributed by atoms with Crippen LogP contribution in [0.15, 0.2) is 35.6 Å². The van der Waals surface area contributed by atoms with Gasteiger partial charge in [-0.25, -0.2) is 14.6 Å². The summed E-state index contributed by atoms with van der Waals surface area (Å²) in [5.41, 5.74) is 1.44. The molecule has 10 heteroatoms. The van der Waals surface area contributed by atoms with Gasteiger partial charge in [0, 0.05) is 29.0 Å². The number of nitrogens with one attached hydrogen (secondary N) is 2. The Morgan fingerprint density at radius 1 is 1.23 bits per heavy atom. The van der Waals surface area contributed by atoms with Crippen LogP contribution in [0, 0.1) is 3.57 Å². The molecule has 0 unspecified atom stereocenters. The smallest absolute Gasteiger partial charge is 0.252 e. The van der Waals surface area contributed by atoms with Gasteiger partial charge in [0.15, 0.2) is 10.8 Å². The highest BCUT2D eigenvalue weighted by Crippen LogP contribution is 2.24. The SMILES string of the molecule is CCCSc1nc(NCCOCC)c2cnn(CCNC(=O)c3ccccc3I)c2n1. The van der Waals surface area contributed by atoms with E-state index in [9.17, 15) is 4.79 Å². The van der Waals surface area contributed by atoms with Crippen molar-refractivity contribution in [3.8, 4) is 0 Å². The first-order chi connectivity index (χ1) is 15.1. The van der Waals surface area contributed by atoms with Crippen LogP contribution >= 0.6 is 34.4 Å². The normalized spacial score (nSPS) is 11.1. The number of anilines is 1. The molecule has 3 aromatic rings. The van der Waals surface area contributed by atoms with E-state index in [1.807, 2.05) is 35.9 Å². The zero-order valence-corrected chi connectivity index (χ0v) is 20.7. The molecule has 1 aromatic carbocycles. The Balaban J connectivity index is 1.72. The molecule has 3 rings (SSSR count). The van der Waals surface area contributed by atoms with Crippen LogP contribution in [0.5, 0.6) is 0 Å². The van der Waals surface area contributed by atoms with Gasteiger partial charge in [-0.15, -0.1) is 0 Å². The number of rotatable bonds is 12. The lowest BCUT2D eigenvalue weighted by atomic mass is 10.2. The lowest BCUT2D eigenvalue weighted by Crippen LogP contribution is -2.28. The van der Waals surface area contributed by atoms with Crippen LogP contribution in [-0.4, -0.2) is 57.7 Å². The van der Waals surface area contributed by atoms with Crippen molar-refractivity contribution in [3.63, 3.8) is 0 Å². The van der Waals surface area contributed by atoms with Crippen molar-refractivity contribution >= 4 is 57.1 Å². The van der Waals surface area contributed by atoms with E-state index in [0.717, 1.165) is 37.8 Å². The Kier molecular flexibility index (Phi) is 9.34. The summed E-state index contributed by atoms with van der Waals surface area (Å²) in [4.78, 5) is 21.8. The summed E-state index contributed by atoms with van der Waals surface area (Å²) in [5.74, 6) is 1.62. The molecule has 0 aliphatic carbocycles. The number of hydrogen-bond acceptors (Lipinski definition) is 7. The van der Waals surface area contributed by atoms with E-state index in [4.69, 9.17) is 9.72 Å². The number of hydrogen-bond donors (Lipinski definition) is 2. The zero-order chi connectivity index (χ0) is 22.1. The zero-order valence-electron chi connectivity index (χ0n) is 17.7. The maximum absolute atomic E-state index is 12.5. The van der Waals surface area contributed by atoms with Gasteiger partial charge < -0.3 is 15.4 Å². The number of benzene rings is 1. The van der Waals surface area contributed by atoms with E-state index >= 15 is 0 Å². The highest BCUT2D eigenvalue weighted by atomic mass is 127. The number of amides is 1. The molecule has 0 fully saturated rings. The van der Waals surface area contributed by atoms with Crippen LogP contribution in [0.2, 0.25) is 0 Å². The second-order valence-corrected chi connectivity index (χ2v) is 8.89. The minimum absolute atomic E-state index is 0.0893. The molecule has 2 N–H and O–H groups in total. The standard InChI is InChI=1S/C21H27IN6O2S/c1-3-13-31-21-26-18(23-10-12-30-4-2)16-14-25-28(19(16)27-21)11-9-24-20(29)15-7-5-6-8-17(15)22/h5-8,14H,3-4,9-13H2,1-2H3,(H,24,29)(H,23,26,27). The predicted octanol–water partition coefficient (Wildman–Crippen LogP) is 3.81. The molecular formula is C21H27IN6O2S. The van der Waals surface area contributed by atoms with Crippen molar-refractivity contribution < 1.29 is 9.53 Å². The molecule has 1 amide bonds. The first-order valence-electron chi connectivity index (χ1n) is 10.3. The van der Waals surface area contributed by atoms with Gasteiger partial charge in [0.05, 0.1) is 30.3 Å². The highest BCUT2D eigenvalue weighted by molar-refractivity contribution is 14.1. The molecule has 0 aliphatic rings. The minimum atomic E-state index is -0.0893. The summed E-state index contributed by atoms with van der Waals surface area (Å²) in [6, 6.07) is 7.53. The minimum Gasteiger partial charge on any atom is -0.380 e. The third-order valence-electron chi connectivity index (χ3n) is 4.38. The number of aromatic nitrogens is 4. The second kappa shape index (κ2) is 12.2. The molecule has 0 spiro atoms. The number of carbonyl (C=O) groups is 1. The summed E-state index contributed by atoms with van der Waals surface area (Å²) in [7, 11) is 0. The number of halogens is 1. The Hall–Kier alpha value is -1.92. The van der Waals surface area contributed by atoms with Gasteiger partial charge in [0.2, 0.25) is 0 Å². The van der Waals surface area contributed by atoms with E-state index in [1.165, 1.54) is 0 Å². The summed E-state index contributed by atoms with van der Waals surface area (Å²) in [5, 5.41) is 12.4. The lowest BCUT2D eigenvalue weighted by molar-refractivity contribution is 0.0951. The topological polar surface area (TPSA) is 94.0 Å². The van der Waals surface area contributed by atoms with Crippen molar-refractivity contribution in [1.82, 2.24) is 25.1 Å². The van der Waals surface area contributed by atoms with Crippen molar-refractivity contribution in [2.45, 2.75) is 32.0 Å². The Bertz CT molecular complexity index is 1010. The Morgan fingerprint density at radius 2 is 2.06 bits per heavy atom. The third kappa shape index (κ3) is 6.53. The van der Waals surface area contributed by atoms with E-state index in [0.29, 0.717) is 38.4 Å². The van der Waals surface area contributed by atoms with Crippen LogP contribution in [0.4, 0.5) is 5.82 Å². The van der Waals surface area contributed by atoms with Crippen molar-refractivity contribution in [2.24, 2.45) is 0 Å². The number of carbonyl (C=O) groups excluding carboxylic acids is 1. The molecular weight excluding hydrogens is 527 g/mol. The van der Waals surface area contributed by atoms with Gasteiger partial charge >= 0.3 is 0 Å². The monoisotopic (exact) mass is 554 g/mol. The van der Waals surface area contributed by atoms with Crippen molar-refractivity contribution in [3.05, 3.63) is 39.6 Å². The van der Waals surface area contributed by atoms with E-state index in [2.05, 4.69) is 50.2 Å². The molecule has 31 heavy (non-hydrogen) atoms. The molecule has 166 valence electrons. The number of nitrogens with zero attached hydrogens (tertiary/aromatic N) is 4. The van der Waals surface area contributed by atoms with Gasteiger partial charge in [-0.3, -0.25) is 4.79 Å². The summed E-state index contributed by atoms with van der Waals surface area (Å²) in [6.45, 7) is 7.04. The van der Waals surface area contributed by atoms with Crippen molar-refractivity contribution in [1.29, 1.82) is 0 Å². The van der Waals surface area contributed by atoms with Gasteiger partial charge in [-0.1, -0.05) is 30.8 Å². The predicted molar refractivity (Wildman–Crippen MR) is 133 cm³/mol. The number of thioether (sulfide) groups is 1. The third-order valence-corrected chi connectivity index (χ3v) is 6.38. The van der Waals surface area contributed by atoms with Crippen LogP contribution in [-0.2, 0) is 11.3 Å². The molecule has 0 radical (unpaired) electrons. The van der Waals surface area contributed by atoms with Gasteiger partial charge in [0.1, 0.15) is 5.82 Å². The van der Waals surface area contributed by atoms with Crippen molar-refractivity contribution in [2.75, 3.05) is 37.4 Å². The average molecular weight is 554 g/mol. The molecule has 0 saturated carbocycles. The first-order valence-corrected chi connectivity index (χ1v) is 12.4. The molecule has 0 aliphatic heterocycles. The van der Waals surface area contributed by atoms with Crippen LogP contribution < -0.4 is 10.6 Å². The fraction of sp³-hybridized carbons (Fsp3) is 0.429. The fourth-order valence-electron chi connectivity index (χ4n) is 2.89. The fourth-order valence-corrected chi connectivity index (χ4v) is 4.22. The largest absolute Gasteiger partial charge is 0.380 e. The summed E-state index contributed by atoms with van der Waals surface area (Å²) < 4.78 is 8.16. The highest BCUT2D eigenvalue weighted by Gasteiger charge is 2.14. The molecule has 2 aromatic heterocycles. The summed E-state index contributed by atoms with van der Waals surface area (Å²) >= 11 is 3.80. The van der Waals surface area contributed by atoms with Gasteiger partial charge in [-0.2, -0.15) is 5.10 Å². The van der Waals surface area contributed by atoms with E-state index < -0.39 is 0 Å². The number of fused-ring (bicyclic) bond motifs is 1. The van der Waals surface area contributed by atoms with E-state index in [-0.39, 0.29) is 5.91 Å².